The van der Waals surface area contributed by atoms with Crippen LogP contribution in [-0.4, -0.2) is 70.6 Å². The number of carbonyl (C=O) groups excluding carboxylic acids is 2. The molecule has 1 aliphatic heterocycles. The van der Waals surface area contributed by atoms with Crippen LogP contribution in [0.5, 0.6) is 5.75 Å². The van der Waals surface area contributed by atoms with Crippen molar-refractivity contribution in [2.45, 2.75) is 70.9 Å². The maximum Gasteiger partial charge on any atom is 0.410 e. The van der Waals surface area contributed by atoms with Crippen LogP contribution in [0.1, 0.15) is 75.3 Å². The van der Waals surface area contributed by atoms with Gasteiger partial charge in [-0.25, -0.2) is 9.78 Å². The summed E-state index contributed by atoms with van der Waals surface area (Å²) in [6, 6.07) is 5.23. The topological polar surface area (TPSA) is 116 Å². The van der Waals surface area contributed by atoms with Gasteiger partial charge < -0.3 is 24.4 Å². The van der Waals surface area contributed by atoms with Crippen LogP contribution in [-0.2, 0) is 9.47 Å². The van der Waals surface area contributed by atoms with Crippen LogP contribution in [0, 0.1) is 0 Å². The zero-order valence-corrected chi connectivity index (χ0v) is 21.5. The molecule has 4 rings (SSSR count). The summed E-state index contributed by atoms with van der Waals surface area (Å²) in [6.45, 7) is 9.25. The Balaban J connectivity index is 1.53. The lowest BCUT2D eigenvalue weighted by Crippen LogP contribution is -2.47. The summed E-state index contributed by atoms with van der Waals surface area (Å²) in [5, 5.41) is 12.3. The Bertz CT molecular complexity index is 1080. The predicted octanol–water partition coefficient (Wildman–Crippen LogP) is 4.41. The van der Waals surface area contributed by atoms with Crippen molar-refractivity contribution >= 4 is 18.3 Å². The third-order valence-corrected chi connectivity index (χ3v) is 5.98. The van der Waals surface area contributed by atoms with Gasteiger partial charge in [0.2, 0.25) is 5.95 Å². The minimum atomic E-state index is -0.533. The monoisotopic (exact) mass is 497 g/mol. The van der Waals surface area contributed by atoms with E-state index in [4.69, 9.17) is 19.2 Å². The van der Waals surface area contributed by atoms with Gasteiger partial charge in [0.25, 0.3) is 0 Å². The van der Waals surface area contributed by atoms with Gasteiger partial charge in [0.15, 0.2) is 6.79 Å². The Hall–Kier alpha value is -3.27. The Morgan fingerprint density at radius 3 is 2.72 bits per heavy atom. The van der Waals surface area contributed by atoms with Gasteiger partial charge in [-0.15, -0.1) is 10.2 Å². The number of piperidine rings is 1. The predicted molar refractivity (Wildman–Crippen MR) is 134 cm³/mol. The number of nitrogens with one attached hydrogen (secondary N) is 1. The molecule has 1 aromatic carbocycles. The number of nitrogens with zero attached hydrogens (tertiary/aromatic N) is 4. The molecule has 10 heteroatoms. The van der Waals surface area contributed by atoms with Gasteiger partial charge >= 0.3 is 6.09 Å². The van der Waals surface area contributed by atoms with Gasteiger partial charge in [-0.1, -0.05) is 6.07 Å². The number of ether oxygens (including phenoxy) is 3. The van der Waals surface area contributed by atoms with Gasteiger partial charge in [-0.05, 0) is 65.5 Å². The van der Waals surface area contributed by atoms with Crippen molar-refractivity contribution in [3.8, 4) is 17.0 Å². The number of hydrogen-bond donors (Lipinski definition) is 1. The summed E-state index contributed by atoms with van der Waals surface area (Å²) < 4.78 is 16.7. The van der Waals surface area contributed by atoms with Crippen molar-refractivity contribution in [3.05, 3.63) is 29.5 Å². The van der Waals surface area contributed by atoms with Gasteiger partial charge in [0.1, 0.15) is 23.3 Å². The van der Waals surface area contributed by atoms with E-state index in [-0.39, 0.29) is 18.9 Å². The summed E-state index contributed by atoms with van der Waals surface area (Å²) in [5.74, 6) is 1.25. The first-order chi connectivity index (χ1) is 17.3. The summed E-state index contributed by atoms with van der Waals surface area (Å²) in [6.07, 6.45) is 4.29. The molecule has 10 nitrogen and oxygen atoms in total. The van der Waals surface area contributed by atoms with Crippen LogP contribution in [0.4, 0.5) is 10.7 Å². The highest BCUT2D eigenvalue weighted by atomic mass is 16.7. The fraction of sp³-hybridized carbons (Fsp3) is 0.577. The standard InChI is InChI=1S/C26H35N5O5/c1-5-34-16-35-21-13-17(15-32)8-11-20(21)23-22(18-9-10-18)28-24(30-29-23)27-19-7-6-12-31(14-19)25(33)36-26(2,3)4/h8,11,13,15,18-19H,5-7,9-10,12,14,16H2,1-4H3,(H,27,28,30)/t19-/m1/s1. The Kier molecular flexibility index (Phi) is 8.03. The van der Waals surface area contributed by atoms with E-state index >= 15 is 0 Å². The molecule has 194 valence electrons. The molecule has 36 heavy (non-hydrogen) atoms. The first-order valence-electron chi connectivity index (χ1n) is 12.6. The second-order valence-corrected chi connectivity index (χ2v) is 10.2. The third kappa shape index (κ3) is 6.69. The van der Waals surface area contributed by atoms with Crippen molar-refractivity contribution in [1.29, 1.82) is 0 Å². The molecule has 1 aromatic heterocycles. The maximum atomic E-state index is 12.5. The summed E-state index contributed by atoms with van der Waals surface area (Å²) in [4.78, 5) is 30.4. The molecule has 0 spiro atoms. The van der Waals surface area contributed by atoms with Crippen molar-refractivity contribution < 1.29 is 23.8 Å². The van der Waals surface area contributed by atoms with E-state index in [2.05, 4.69) is 15.5 Å². The van der Waals surface area contributed by atoms with E-state index in [9.17, 15) is 9.59 Å². The first-order valence-corrected chi connectivity index (χ1v) is 12.6. The number of aromatic nitrogens is 3. The molecule has 1 amide bonds. The molecule has 1 saturated carbocycles. The normalized spacial score (nSPS) is 18.0. The summed E-state index contributed by atoms with van der Waals surface area (Å²) in [7, 11) is 0. The van der Waals surface area contributed by atoms with Crippen LogP contribution in [0.25, 0.3) is 11.3 Å². The van der Waals surface area contributed by atoms with Crippen molar-refractivity contribution in [3.63, 3.8) is 0 Å². The second kappa shape index (κ2) is 11.2. The summed E-state index contributed by atoms with van der Waals surface area (Å²) >= 11 is 0. The number of carbonyl (C=O) groups is 2. The number of amides is 1. The molecular formula is C26H35N5O5. The molecule has 0 bridgehead atoms. The SMILES string of the molecule is CCOCOc1cc(C=O)ccc1-c1nnc(N[C@@H]2CCCN(C(=O)OC(C)(C)C)C2)nc1C1CC1. The highest BCUT2D eigenvalue weighted by Crippen LogP contribution is 2.44. The van der Waals surface area contributed by atoms with Crippen molar-refractivity contribution in [1.82, 2.24) is 20.1 Å². The molecule has 2 aliphatic rings. The molecule has 0 radical (unpaired) electrons. The number of aldehydes is 1. The molecule has 1 aliphatic carbocycles. The minimum absolute atomic E-state index is 0.00272. The molecule has 2 aromatic rings. The molecule has 1 atom stereocenters. The zero-order chi connectivity index (χ0) is 25.7. The Labute approximate surface area is 211 Å². The van der Waals surface area contributed by atoms with Crippen LogP contribution in [0.3, 0.4) is 0 Å². The van der Waals surface area contributed by atoms with Crippen LogP contribution < -0.4 is 10.1 Å². The minimum Gasteiger partial charge on any atom is -0.467 e. The third-order valence-electron chi connectivity index (χ3n) is 5.98. The zero-order valence-electron chi connectivity index (χ0n) is 21.5. The lowest BCUT2D eigenvalue weighted by atomic mass is 10.0. The molecule has 1 N–H and O–H groups in total. The van der Waals surface area contributed by atoms with Gasteiger partial charge in [0.05, 0.1) is 5.69 Å². The smallest absolute Gasteiger partial charge is 0.410 e. The average Bonchev–Trinajstić information content (AvgIpc) is 3.69. The molecule has 2 fully saturated rings. The van der Waals surface area contributed by atoms with Crippen molar-refractivity contribution in [2.75, 3.05) is 31.8 Å². The van der Waals surface area contributed by atoms with E-state index in [1.165, 1.54) is 0 Å². The average molecular weight is 498 g/mol. The molecule has 2 heterocycles. The second-order valence-electron chi connectivity index (χ2n) is 10.2. The quantitative estimate of drug-likeness (QED) is 0.305. The maximum absolute atomic E-state index is 12.5. The number of benzene rings is 1. The van der Waals surface area contributed by atoms with Crippen LogP contribution in [0.2, 0.25) is 0 Å². The van der Waals surface area contributed by atoms with E-state index in [1.807, 2.05) is 33.8 Å². The Morgan fingerprint density at radius 2 is 2.03 bits per heavy atom. The molecule has 0 unspecified atom stereocenters. The number of anilines is 1. The number of hydrogen-bond acceptors (Lipinski definition) is 9. The largest absolute Gasteiger partial charge is 0.467 e. The van der Waals surface area contributed by atoms with Crippen molar-refractivity contribution in [2.24, 2.45) is 0 Å². The fourth-order valence-electron chi connectivity index (χ4n) is 4.12. The van der Waals surface area contributed by atoms with E-state index in [1.54, 1.807) is 17.0 Å². The summed E-state index contributed by atoms with van der Waals surface area (Å²) in [5.41, 5.74) is 2.19. The Morgan fingerprint density at radius 1 is 1.22 bits per heavy atom. The number of likely N-dealkylation sites (tertiary alicyclic amines) is 1. The lowest BCUT2D eigenvalue weighted by Gasteiger charge is -2.34. The van der Waals surface area contributed by atoms with Gasteiger partial charge in [-0.3, -0.25) is 4.79 Å². The lowest BCUT2D eigenvalue weighted by molar-refractivity contribution is 0.0205. The molecule has 1 saturated heterocycles. The van der Waals surface area contributed by atoms with E-state index < -0.39 is 5.60 Å². The highest BCUT2D eigenvalue weighted by molar-refractivity contribution is 5.80. The van der Waals surface area contributed by atoms with E-state index in [0.717, 1.165) is 43.2 Å². The highest BCUT2D eigenvalue weighted by Gasteiger charge is 2.32. The molecular weight excluding hydrogens is 462 g/mol. The van der Waals surface area contributed by atoms with Gasteiger partial charge in [0, 0.05) is 42.8 Å². The fourth-order valence-corrected chi connectivity index (χ4v) is 4.12. The van der Waals surface area contributed by atoms with E-state index in [0.29, 0.717) is 48.6 Å². The van der Waals surface area contributed by atoms with Gasteiger partial charge in [-0.2, -0.15) is 0 Å². The first kappa shape index (κ1) is 25.8. The van der Waals surface area contributed by atoms with Crippen LogP contribution in [0.15, 0.2) is 18.2 Å². The number of rotatable bonds is 9. The van der Waals surface area contributed by atoms with Crippen LogP contribution >= 0.6 is 0 Å².